The van der Waals surface area contributed by atoms with Gasteiger partial charge >= 0.3 is 5.97 Å². The van der Waals surface area contributed by atoms with Crippen LogP contribution in [0, 0.1) is 16.7 Å². The number of rotatable bonds is 1. The number of aliphatic hydroxyl groups is 1. The zero-order valence-electron chi connectivity index (χ0n) is 12.4. The lowest BCUT2D eigenvalue weighted by Crippen LogP contribution is -2.67. The summed E-state index contributed by atoms with van der Waals surface area (Å²) in [5.41, 5.74) is -2.63. The number of halogens is 1. The lowest BCUT2D eigenvalue weighted by molar-refractivity contribution is -0.183. The molecule has 0 aromatic carbocycles. The summed E-state index contributed by atoms with van der Waals surface area (Å²) in [5.74, 6) is -1.76. The highest BCUT2D eigenvalue weighted by Crippen LogP contribution is 2.74. The van der Waals surface area contributed by atoms with Gasteiger partial charge in [-0.2, -0.15) is 0 Å². The van der Waals surface area contributed by atoms with Gasteiger partial charge in [-0.1, -0.05) is 20.8 Å². The van der Waals surface area contributed by atoms with E-state index in [1.807, 2.05) is 6.92 Å². The second kappa shape index (κ2) is 3.71. The van der Waals surface area contributed by atoms with Gasteiger partial charge in [-0.05, 0) is 19.8 Å². The third kappa shape index (κ3) is 1.38. The van der Waals surface area contributed by atoms with Gasteiger partial charge in [0.2, 0.25) is 0 Å². The van der Waals surface area contributed by atoms with Crippen molar-refractivity contribution in [1.82, 2.24) is 0 Å². The van der Waals surface area contributed by atoms with Gasteiger partial charge in [0.15, 0.2) is 0 Å². The Hall–Kier alpha value is -0.320. The van der Waals surface area contributed by atoms with Crippen LogP contribution in [0.25, 0.3) is 0 Å². The molecule has 0 aromatic rings. The van der Waals surface area contributed by atoms with Gasteiger partial charge in [0, 0.05) is 22.6 Å². The zero-order chi connectivity index (χ0) is 15.1. The first-order chi connectivity index (χ1) is 9.01. The van der Waals surface area contributed by atoms with Gasteiger partial charge in [0.1, 0.15) is 5.60 Å². The van der Waals surface area contributed by atoms with Crippen molar-refractivity contribution in [2.45, 2.75) is 69.6 Å². The maximum atomic E-state index is 11.8. The SMILES string of the molecule is CC1(O)CC2OC23C(C)(C)C(Cl)CCC3(C)C1C(=O)O. The Morgan fingerprint density at radius 2 is 1.90 bits per heavy atom. The van der Waals surface area contributed by atoms with E-state index in [1.165, 1.54) is 0 Å². The van der Waals surface area contributed by atoms with Crippen LogP contribution in [0.4, 0.5) is 0 Å². The van der Waals surface area contributed by atoms with Crippen LogP contribution in [-0.2, 0) is 9.53 Å². The molecule has 1 aliphatic heterocycles. The van der Waals surface area contributed by atoms with Crippen LogP contribution >= 0.6 is 11.6 Å². The molecule has 5 heteroatoms. The van der Waals surface area contributed by atoms with Gasteiger partial charge in [-0.3, -0.25) is 4.79 Å². The molecule has 2 saturated carbocycles. The van der Waals surface area contributed by atoms with E-state index in [9.17, 15) is 15.0 Å². The summed E-state index contributed by atoms with van der Waals surface area (Å²) >= 11 is 6.51. The van der Waals surface area contributed by atoms with E-state index in [0.717, 1.165) is 6.42 Å². The number of aliphatic carboxylic acids is 1. The van der Waals surface area contributed by atoms with E-state index in [1.54, 1.807) is 6.92 Å². The third-order valence-electron chi connectivity index (χ3n) is 6.33. The molecule has 6 atom stereocenters. The number of carboxylic acids is 1. The molecular weight excluding hydrogens is 280 g/mol. The molecule has 2 aliphatic carbocycles. The molecule has 3 aliphatic rings. The molecule has 1 spiro atoms. The Balaban J connectivity index is 2.14. The first-order valence-electron chi connectivity index (χ1n) is 7.28. The minimum Gasteiger partial charge on any atom is -0.481 e. The molecule has 0 amide bonds. The molecule has 20 heavy (non-hydrogen) atoms. The standard InChI is InChI=1S/C15H23ClO4/c1-12(2)8(16)5-6-13(3)10(11(17)18)14(4,19)7-9-15(12,13)20-9/h8-10,19H,5-7H2,1-4H3,(H,17,18). The van der Waals surface area contributed by atoms with Gasteiger partial charge in [0.25, 0.3) is 0 Å². The summed E-state index contributed by atoms with van der Waals surface area (Å²) in [5, 5.41) is 20.3. The lowest BCUT2D eigenvalue weighted by atomic mass is 9.45. The highest BCUT2D eigenvalue weighted by Gasteiger charge is 2.83. The minimum atomic E-state index is -1.24. The van der Waals surface area contributed by atoms with Crippen LogP contribution in [0.1, 0.15) is 47.0 Å². The molecule has 2 N–H and O–H groups in total. The maximum Gasteiger partial charge on any atom is 0.310 e. The molecule has 0 bridgehead atoms. The molecule has 0 radical (unpaired) electrons. The first-order valence-corrected chi connectivity index (χ1v) is 7.71. The molecule has 114 valence electrons. The lowest BCUT2D eigenvalue weighted by Gasteiger charge is -2.58. The Labute approximate surface area is 124 Å². The van der Waals surface area contributed by atoms with Gasteiger partial charge in [0.05, 0.1) is 17.6 Å². The number of carboxylic acid groups (broad SMARTS) is 1. The Morgan fingerprint density at radius 3 is 2.45 bits per heavy atom. The average molecular weight is 303 g/mol. The van der Waals surface area contributed by atoms with Gasteiger partial charge < -0.3 is 14.9 Å². The number of hydrogen-bond donors (Lipinski definition) is 2. The van der Waals surface area contributed by atoms with Crippen molar-refractivity contribution in [3.8, 4) is 0 Å². The topological polar surface area (TPSA) is 70.1 Å². The highest BCUT2D eigenvalue weighted by atomic mass is 35.5. The smallest absolute Gasteiger partial charge is 0.310 e. The molecular formula is C15H23ClO4. The fourth-order valence-electron chi connectivity index (χ4n) is 5.46. The molecule has 0 aromatic heterocycles. The van der Waals surface area contributed by atoms with E-state index in [0.29, 0.717) is 12.8 Å². The van der Waals surface area contributed by atoms with Crippen LogP contribution in [-0.4, -0.2) is 38.9 Å². The highest BCUT2D eigenvalue weighted by molar-refractivity contribution is 6.21. The van der Waals surface area contributed by atoms with Gasteiger partial charge in [-0.15, -0.1) is 11.6 Å². The van der Waals surface area contributed by atoms with Crippen molar-refractivity contribution < 1.29 is 19.7 Å². The van der Waals surface area contributed by atoms with Crippen molar-refractivity contribution in [2.75, 3.05) is 0 Å². The predicted molar refractivity (Wildman–Crippen MR) is 74.7 cm³/mol. The largest absolute Gasteiger partial charge is 0.481 e. The van der Waals surface area contributed by atoms with E-state index >= 15 is 0 Å². The van der Waals surface area contributed by atoms with Crippen molar-refractivity contribution in [1.29, 1.82) is 0 Å². The van der Waals surface area contributed by atoms with Crippen LogP contribution in [0.5, 0.6) is 0 Å². The fraction of sp³-hybridized carbons (Fsp3) is 0.933. The number of ether oxygens (including phenoxy) is 1. The van der Waals surface area contributed by atoms with Crippen molar-refractivity contribution in [2.24, 2.45) is 16.7 Å². The third-order valence-corrected chi connectivity index (χ3v) is 7.10. The first kappa shape index (κ1) is 14.6. The number of hydrogen-bond acceptors (Lipinski definition) is 3. The van der Waals surface area contributed by atoms with Crippen molar-refractivity contribution in [3.05, 3.63) is 0 Å². The summed E-state index contributed by atoms with van der Waals surface area (Å²) in [4.78, 5) is 11.8. The van der Waals surface area contributed by atoms with E-state index in [4.69, 9.17) is 16.3 Å². The van der Waals surface area contributed by atoms with Crippen molar-refractivity contribution in [3.63, 3.8) is 0 Å². The summed E-state index contributed by atoms with van der Waals surface area (Å²) < 4.78 is 6.07. The number of epoxide rings is 1. The normalized spacial score (nSPS) is 56.6. The number of carbonyl (C=O) groups is 1. The zero-order valence-corrected chi connectivity index (χ0v) is 13.2. The second-order valence-electron chi connectivity index (χ2n) is 7.82. The van der Waals surface area contributed by atoms with E-state index in [-0.39, 0.29) is 16.9 Å². The Bertz CT molecular complexity index is 474. The second-order valence-corrected chi connectivity index (χ2v) is 8.35. The summed E-state index contributed by atoms with van der Waals surface area (Å²) in [7, 11) is 0. The molecule has 1 saturated heterocycles. The number of alkyl halides is 1. The van der Waals surface area contributed by atoms with Crippen LogP contribution in [0.2, 0.25) is 0 Å². The molecule has 1 heterocycles. The molecule has 3 fully saturated rings. The monoisotopic (exact) mass is 302 g/mol. The average Bonchev–Trinajstić information content (AvgIpc) is 2.98. The fourth-order valence-corrected chi connectivity index (χ4v) is 5.73. The molecule has 4 nitrogen and oxygen atoms in total. The summed E-state index contributed by atoms with van der Waals surface area (Å²) in [6.45, 7) is 7.73. The summed E-state index contributed by atoms with van der Waals surface area (Å²) in [6, 6.07) is 0. The Morgan fingerprint density at radius 1 is 1.30 bits per heavy atom. The quantitative estimate of drug-likeness (QED) is 0.576. The predicted octanol–water partition coefficient (Wildman–Crippen LogP) is 2.41. The van der Waals surface area contributed by atoms with E-state index in [2.05, 4.69) is 13.8 Å². The Kier molecular flexibility index (Phi) is 2.71. The van der Waals surface area contributed by atoms with Crippen LogP contribution < -0.4 is 0 Å². The maximum absolute atomic E-state index is 11.8. The summed E-state index contributed by atoms with van der Waals surface area (Å²) in [6.07, 6.45) is 1.71. The van der Waals surface area contributed by atoms with Crippen LogP contribution in [0.15, 0.2) is 0 Å². The van der Waals surface area contributed by atoms with Gasteiger partial charge in [-0.25, -0.2) is 0 Å². The minimum absolute atomic E-state index is 0.0296. The van der Waals surface area contributed by atoms with Crippen molar-refractivity contribution >= 4 is 17.6 Å². The molecule has 6 unspecified atom stereocenters. The van der Waals surface area contributed by atoms with E-state index < -0.39 is 28.5 Å². The molecule has 3 rings (SSSR count). The van der Waals surface area contributed by atoms with Crippen LogP contribution in [0.3, 0.4) is 0 Å².